The van der Waals surface area contributed by atoms with Gasteiger partial charge in [0.1, 0.15) is 6.33 Å². The quantitative estimate of drug-likeness (QED) is 0.559. The van der Waals surface area contributed by atoms with Crippen LogP contribution in [0.4, 0.5) is 23.0 Å². The van der Waals surface area contributed by atoms with E-state index in [-0.39, 0.29) is 17.3 Å². The number of nitrogens with zero attached hydrogens (tertiary/aromatic N) is 4. The van der Waals surface area contributed by atoms with Gasteiger partial charge in [-0.3, -0.25) is 15.0 Å². The number of anilines is 3. The van der Waals surface area contributed by atoms with Crippen LogP contribution in [0.2, 0.25) is 5.02 Å². The molecule has 0 unspecified atom stereocenters. The summed E-state index contributed by atoms with van der Waals surface area (Å²) in [5, 5.41) is 18.0. The van der Waals surface area contributed by atoms with Gasteiger partial charge in [0, 0.05) is 36.9 Å². The number of hydrogen-bond acceptors (Lipinski definition) is 8. The smallest absolute Gasteiger partial charge is 0.353 e. The van der Waals surface area contributed by atoms with E-state index in [9.17, 15) is 10.1 Å². The highest BCUT2D eigenvalue weighted by molar-refractivity contribution is 6.30. The van der Waals surface area contributed by atoms with E-state index in [4.69, 9.17) is 16.3 Å². The van der Waals surface area contributed by atoms with E-state index in [1.54, 1.807) is 24.3 Å². The minimum absolute atomic E-state index is 0.112. The summed E-state index contributed by atoms with van der Waals surface area (Å²) in [4.78, 5) is 21.3. The molecule has 1 aromatic heterocycles. The number of morpholine rings is 1. The predicted octanol–water partition coefficient (Wildman–Crippen LogP) is 2.53. The summed E-state index contributed by atoms with van der Waals surface area (Å²) in [6.07, 6.45) is 1.29. The average molecular weight is 379 g/mol. The molecule has 1 aliphatic rings. The predicted molar refractivity (Wildman–Crippen MR) is 99.2 cm³/mol. The van der Waals surface area contributed by atoms with Gasteiger partial charge >= 0.3 is 5.69 Å². The number of aromatic nitrogens is 2. The Bertz CT molecular complexity index is 769. The maximum Gasteiger partial charge on any atom is 0.353 e. The number of hydrogen-bond donors (Lipinski definition) is 2. The van der Waals surface area contributed by atoms with Crippen molar-refractivity contribution in [3.63, 3.8) is 0 Å². The van der Waals surface area contributed by atoms with E-state index >= 15 is 0 Å². The first kappa shape index (κ1) is 18.3. The van der Waals surface area contributed by atoms with E-state index in [2.05, 4.69) is 25.5 Å². The van der Waals surface area contributed by atoms with E-state index in [0.717, 1.165) is 19.6 Å². The summed E-state index contributed by atoms with van der Waals surface area (Å²) in [6, 6.07) is 6.89. The average Bonchev–Trinajstić information content (AvgIpc) is 2.62. The zero-order chi connectivity index (χ0) is 18.4. The zero-order valence-corrected chi connectivity index (χ0v) is 14.8. The summed E-state index contributed by atoms with van der Waals surface area (Å²) in [5.41, 5.74) is 0.410. The van der Waals surface area contributed by atoms with Crippen molar-refractivity contribution in [1.29, 1.82) is 0 Å². The van der Waals surface area contributed by atoms with Crippen molar-refractivity contribution < 1.29 is 9.66 Å². The highest BCUT2D eigenvalue weighted by Gasteiger charge is 2.23. The molecule has 1 fully saturated rings. The van der Waals surface area contributed by atoms with Gasteiger partial charge in [0.15, 0.2) is 0 Å². The highest BCUT2D eigenvalue weighted by Crippen LogP contribution is 2.31. The topological polar surface area (TPSA) is 105 Å². The van der Waals surface area contributed by atoms with Crippen LogP contribution in [-0.2, 0) is 4.74 Å². The van der Waals surface area contributed by atoms with Crippen molar-refractivity contribution in [2.24, 2.45) is 0 Å². The molecule has 26 heavy (non-hydrogen) atoms. The molecule has 1 aliphatic heterocycles. The van der Waals surface area contributed by atoms with Crippen LogP contribution in [0.3, 0.4) is 0 Å². The maximum atomic E-state index is 11.6. The van der Waals surface area contributed by atoms with Gasteiger partial charge in [0.25, 0.3) is 0 Å². The van der Waals surface area contributed by atoms with Crippen LogP contribution in [0.25, 0.3) is 0 Å². The normalized spacial score (nSPS) is 14.8. The molecule has 1 aromatic carbocycles. The van der Waals surface area contributed by atoms with Crippen LogP contribution in [-0.4, -0.2) is 59.2 Å². The molecule has 0 atom stereocenters. The van der Waals surface area contributed by atoms with Crippen LogP contribution in [0.15, 0.2) is 30.6 Å². The van der Waals surface area contributed by atoms with Crippen LogP contribution in [0, 0.1) is 10.1 Å². The highest BCUT2D eigenvalue weighted by atomic mass is 35.5. The molecule has 0 bridgehead atoms. The Balaban J connectivity index is 1.72. The first-order valence-corrected chi connectivity index (χ1v) is 8.57. The van der Waals surface area contributed by atoms with E-state index in [1.165, 1.54) is 6.33 Å². The van der Waals surface area contributed by atoms with E-state index in [0.29, 0.717) is 30.5 Å². The third-order valence-electron chi connectivity index (χ3n) is 3.92. The number of rotatable bonds is 7. The van der Waals surface area contributed by atoms with Crippen molar-refractivity contribution in [1.82, 2.24) is 14.9 Å². The molecule has 2 heterocycles. The van der Waals surface area contributed by atoms with Gasteiger partial charge in [-0.15, -0.1) is 0 Å². The zero-order valence-electron chi connectivity index (χ0n) is 14.0. The molecule has 1 saturated heterocycles. The Labute approximate surface area is 155 Å². The summed E-state index contributed by atoms with van der Waals surface area (Å²) < 4.78 is 5.31. The lowest BCUT2D eigenvalue weighted by molar-refractivity contribution is -0.383. The Morgan fingerprint density at radius 3 is 2.77 bits per heavy atom. The lowest BCUT2D eigenvalue weighted by Gasteiger charge is -2.26. The van der Waals surface area contributed by atoms with Gasteiger partial charge in [-0.2, -0.15) is 0 Å². The molecule has 0 saturated carbocycles. The largest absolute Gasteiger partial charge is 0.379 e. The summed E-state index contributed by atoms with van der Waals surface area (Å²) in [5.74, 6) is 0.295. The van der Waals surface area contributed by atoms with Gasteiger partial charge in [0.2, 0.25) is 11.6 Å². The third-order valence-corrected chi connectivity index (χ3v) is 4.15. The Morgan fingerprint density at radius 2 is 2.04 bits per heavy atom. The fourth-order valence-corrected chi connectivity index (χ4v) is 2.82. The molecule has 2 N–H and O–H groups in total. The fraction of sp³-hybridized carbons (Fsp3) is 0.375. The molecule has 138 valence electrons. The molecule has 10 heteroatoms. The fourth-order valence-electron chi connectivity index (χ4n) is 2.63. The second-order valence-corrected chi connectivity index (χ2v) is 6.13. The lowest BCUT2D eigenvalue weighted by Crippen LogP contribution is -2.39. The minimum atomic E-state index is -0.496. The Hall–Kier alpha value is -2.49. The Kier molecular flexibility index (Phi) is 6.16. The number of benzene rings is 1. The third kappa shape index (κ3) is 4.78. The van der Waals surface area contributed by atoms with E-state index in [1.807, 2.05) is 0 Å². The lowest BCUT2D eigenvalue weighted by atomic mass is 10.3. The molecule has 0 spiro atoms. The first-order chi connectivity index (χ1) is 12.6. The molecular weight excluding hydrogens is 360 g/mol. The number of nitrogens with one attached hydrogen (secondary N) is 2. The summed E-state index contributed by atoms with van der Waals surface area (Å²) in [7, 11) is 0. The molecule has 0 radical (unpaired) electrons. The SMILES string of the molecule is O=[N+]([O-])c1c(NCCN2CCOCC2)ncnc1Nc1cccc(Cl)c1. The monoisotopic (exact) mass is 378 g/mol. The minimum Gasteiger partial charge on any atom is -0.379 e. The van der Waals surface area contributed by atoms with Crippen LogP contribution < -0.4 is 10.6 Å². The molecule has 2 aromatic rings. The molecule has 9 nitrogen and oxygen atoms in total. The van der Waals surface area contributed by atoms with Gasteiger partial charge in [-0.05, 0) is 18.2 Å². The molecule has 3 rings (SSSR count). The van der Waals surface area contributed by atoms with Crippen LogP contribution >= 0.6 is 11.6 Å². The number of halogens is 1. The standard InChI is InChI=1S/C16H19ClN6O3/c17-12-2-1-3-13(10-12)21-16-14(23(24)25)15(19-11-20-16)18-4-5-22-6-8-26-9-7-22/h1-3,10-11H,4-9H2,(H2,18,19,20,21). The van der Waals surface area contributed by atoms with Gasteiger partial charge in [0.05, 0.1) is 18.1 Å². The summed E-state index contributed by atoms with van der Waals surface area (Å²) >= 11 is 5.95. The van der Waals surface area contributed by atoms with Gasteiger partial charge in [-0.25, -0.2) is 9.97 Å². The maximum absolute atomic E-state index is 11.6. The van der Waals surface area contributed by atoms with Crippen LogP contribution in [0.1, 0.15) is 0 Å². The second kappa shape index (κ2) is 8.75. The van der Waals surface area contributed by atoms with Gasteiger partial charge in [-0.1, -0.05) is 17.7 Å². The molecular formula is C16H19ClN6O3. The second-order valence-electron chi connectivity index (χ2n) is 5.69. The van der Waals surface area contributed by atoms with Crippen molar-refractivity contribution >= 4 is 34.6 Å². The Morgan fingerprint density at radius 1 is 1.27 bits per heavy atom. The van der Waals surface area contributed by atoms with Crippen molar-refractivity contribution in [2.45, 2.75) is 0 Å². The summed E-state index contributed by atoms with van der Waals surface area (Å²) in [6.45, 7) is 4.42. The van der Waals surface area contributed by atoms with E-state index < -0.39 is 4.92 Å². The number of nitro groups is 1. The first-order valence-electron chi connectivity index (χ1n) is 8.19. The number of ether oxygens (including phenoxy) is 1. The molecule has 0 aliphatic carbocycles. The van der Waals surface area contributed by atoms with Crippen molar-refractivity contribution in [3.8, 4) is 0 Å². The van der Waals surface area contributed by atoms with Crippen LogP contribution in [0.5, 0.6) is 0 Å². The van der Waals surface area contributed by atoms with Gasteiger partial charge < -0.3 is 15.4 Å². The molecule has 0 amide bonds. The van der Waals surface area contributed by atoms with Crippen molar-refractivity contribution in [2.75, 3.05) is 50.0 Å². The van der Waals surface area contributed by atoms with Crippen molar-refractivity contribution in [3.05, 3.63) is 45.7 Å².